The maximum Gasteiger partial charge on any atom is 0.0593 e. The molecule has 1 aromatic rings. The SMILES string of the molecule is CCc1cccc(CN2CCOCC3(CCOCC3)C2)c1. The molecule has 3 rings (SSSR count). The van der Waals surface area contributed by atoms with Crippen molar-refractivity contribution >= 4 is 0 Å². The lowest BCUT2D eigenvalue weighted by Gasteiger charge is -2.38. The molecule has 2 aliphatic heterocycles. The van der Waals surface area contributed by atoms with Gasteiger partial charge >= 0.3 is 0 Å². The van der Waals surface area contributed by atoms with Crippen LogP contribution in [0.5, 0.6) is 0 Å². The van der Waals surface area contributed by atoms with Crippen LogP contribution >= 0.6 is 0 Å². The van der Waals surface area contributed by atoms with Gasteiger partial charge in [-0.3, -0.25) is 4.90 Å². The minimum atomic E-state index is 0.317. The van der Waals surface area contributed by atoms with Gasteiger partial charge in [0.15, 0.2) is 0 Å². The lowest BCUT2D eigenvalue weighted by Crippen LogP contribution is -2.42. The molecule has 1 aromatic carbocycles. The molecule has 0 N–H and O–H groups in total. The first kappa shape index (κ1) is 15.0. The maximum absolute atomic E-state index is 5.90. The Kier molecular flexibility index (Phi) is 4.94. The minimum absolute atomic E-state index is 0.317. The van der Waals surface area contributed by atoms with E-state index in [1.807, 2.05) is 0 Å². The molecule has 2 aliphatic rings. The number of rotatable bonds is 3. The number of hydrogen-bond donors (Lipinski definition) is 0. The van der Waals surface area contributed by atoms with E-state index in [0.29, 0.717) is 5.41 Å². The molecule has 0 bridgehead atoms. The van der Waals surface area contributed by atoms with Crippen molar-refractivity contribution in [2.24, 2.45) is 5.41 Å². The molecule has 0 radical (unpaired) electrons. The Bertz CT molecular complexity index is 454. The molecule has 3 heteroatoms. The quantitative estimate of drug-likeness (QED) is 0.854. The van der Waals surface area contributed by atoms with Gasteiger partial charge in [0.2, 0.25) is 0 Å². The Labute approximate surface area is 128 Å². The van der Waals surface area contributed by atoms with Crippen molar-refractivity contribution in [3.63, 3.8) is 0 Å². The van der Waals surface area contributed by atoms with Gasteiger partial charge in [-0.1, -0.05) is 31.2 Å². The van der Waals surface area contributed by atoms with Crippen LogP contribution < -0.4 is 0 Å². The summed E-state index contributed by atoms with van der Waals surface area (Å²) in [4.78, 5) is 2.58. The number of nitrogens with zero attached hydrogens (tertiary/aromatic N) is 1. The first-order valence-electron chi connectivity index (χ1n) is 8.25. The third-order valence-corrected chi connectivity index (χ3v) is 4.88. The first-order chi connectivity index (χ1) is 10.3. The summed E-state index contributed by atoms with van der Waals surface area (Å²) in [5, 5.41) is 0. The molecule has 2 fully saturated rings. The van der Waals surface area contributed by atoms with Crippen LogP contribution in [0.15, 0.2) is 24.3 Å². The van der Waals surface area contributed by atoms with E-state index in [-0.39, 0.29) is 0 Å². The van der Waals surface area contributed by atoms with Crippen molar-refractivity contribution in [3.8, 4) is 0 Å². The maximum atomic E-state index is 5.90. The van der Waals surface area contributed by atoms with E-state index in [2.05, 4.69) is 36.1 Å². The molecule has 1 spiro atoms. The Balaban J connectivity index is 1.68. The van der Waals surface area contributed by atoms with Crippen LogP contribution in [0.1, 0.15) is 30.9 Å². The van der Waals surface area contributed by atoms with Gasteiger partial charge in [0.25, 0.3) is 0 Å². The predicted octanol–water partition coefficient (Wildman–Crippen LogP) is 2.88. The second-order valence-electron chi connectivity index (χ2n) is 6.55. The van der Waals surface area contributed by atoms with Gasteiger partial charge < -0.3 is 9.47 Å². The first-order valence-corrected chi connectivity index (χ1v) is 8.25. The lowest BCUT2D eigenvalue weighted by atomic mass is 9.80. The van der Waals surface area contributed by atoms with Crippen LogP contribution in [-0.4, -0.2) is 44.4 Å². The van der Waals surface area contributed by atoms with E-state index < -0.39 is 0 Å². The monoisotopic (exact) mass is 289 g/mol. The molecule has 0 aliphatic carbocycles. The Morgan fingerprint density at radius 2 is 1.90 bits per heavy atom. The summed E-state index contributed by atoms with van der Waals surface area (Å²) in [5.41, 5.74) is 3.18. The van der Waals surface area contributed by atoms with Crippen LogP contribution in [0.2, 0.25) is 0 Å². The molecule has 0 unspecified atom stereocenters. The largest absolute Gasteiger partial charge is 0.381 e. The Morgan fingerprint density at radius 3 is 2.71 bits per heavy atom. The van der Waals surface area contributed by atoms with E-state index in [1.165, 1.54) is 11.1 Å². The highest BCUT2D eigenvalue weighted by atomic mass is 16.5. The van der Waals surface area contributed by atoms with Gasteiger partial charge in [0.1, 0.15) is 0 Å². The number of benzene rings is 1. The molecule has 0 saturated carbocycles. The van der Waals surface area contributed by atoms with Gasteiger partial charge in [0.05, 0.1) is 13.2 Å². The van der Waals surface area contributed by atoms with E-state index in [4.69, 9.17) is 9.47 Å². The third kappa shape index (κ3) is 3.85. The summed E-state index contributed by atoms with van der Waals surface area (Å²) < 4.78 is 11.5. The van der Waals surface area contributed by atoms with E-state index in [0.717, 1.165) is 65.3 Å². The van der Waals surface area contributed by atoms with Crippen molar-refractivity contribution in [1.29, 1.82) is 0 Å². The summed E-state index contributed by atoms with van der Waals surface area (Å²) in [6.45, 7) is 8.99. The van der Waals surface area contributed by atoms with Gasteiger partial charge in [-0.05, 0) is 30.4 Å². The highest BCUT2D eigenvalue weighted by Crippen LogP contribution is 2.33. The fourth-order valence-corrected chi connectivity index (χ4v) is 3.53. The minimum Gasteiger partial charge on any atom is -0.381 e. The topological polar surface area (TPSA) is 21.7 Å². The number of hydrogen-bond acceptors (Lipinski definition) is 3. The van der Waals surface area contributed by atoms with E-state index in [1.54, 1.807) is 0 Å². The van der Waals surface area contributed by atoms with Crippen molar-refractivity contribution in [2.45, 2.75) is 32.7 Å². The van der Waals surface area contributed by atoms with Crippen LogP contribution in [0.25, 0.3) is 0 Å². The molecular formula is C18H27NO2. The van der Waals surface area contributed by atoms with Crippen LogP contribution in [0, 0.1) is 5.41 Å². The van der Waals surface area contributed by atoms with E-state index in [9.17, 15) is 0 Å². The van der Waals surface area contributed by atoms with Crippen LogP contribution in [0.4, 0.5) is 0 Å². The summed E-state index contributed by atoms with van der Waals surface area (Å²) in [5.74, 6) is 0. The zero-order valence-electron chi connectivity index (χ0n) is 13.1. The third-order valence-electron chi connectivity index (χ3n) is 4.88. The summed E-state index contributed by atoms with van der Waals surface area (Å²) in [7, 11) is 0. The van der Waals surface area contributed by atoms with Gasteiger partial charge in [0, 0.05) is 38.3 Å². The van der Waals surface area contributed by atoms with Crippen LogP contribution in [0.3, 0.4) is 0 Å². The van der Waals surface area contributed by atoms with Gasteiger partial charge in [-0.15, -0.1) is 0 Å². The van der Waals surface area contributed by atoms with Crippen molar-refractivity contribution in [1.82, 2.24) is 4.90 Å². The van der Waals surface area contributed by atoms with Gasteiger partial charge in [-0.2, -0.15) is 0 Å². The predicted molar refractivity (Wildman–Crippen MR) is 84.4 cm³/mol. The Morgan fingerprint density at radius 1 is 1.10 bits per heavy atom. The van der Waals surface area contributed by atoms with Crippen molar-refractivity contribution in [3.05, 3.63) is 35.4 Å². The highest BCUT2D eigenvalue weighted by molar-refractivity contribution is 5.23. The van der Waals surface area contributed by atoms with Gasteiger partial charge in [-0.25, -0.2) is 0 Å². The normalized spacial score (nSPS) is 23.1. The molecule has 0 aromatic heterocycles. The summed E-state index contributed by atoms with van der Waals surface area (Å²) in [6, 6.07) is 9.01. The standard InChI is InChI=1S/C18H27NO2/c1-2-16-4-3-5-17(12-16)13-19-8-11-21-15-18(14-19)6-9-20-10-7-18/h3-5,12H,2,6-11,13-15H2,1H3. The molecule has 21 heavy (non-hydrogen) atoms. The van der Waals surface area contributed by atoms with Crippen molar-refractivity contribution < 1.29 is 9.47 Å². The summed E-state index contributed by atoms with van der Waals surface area (Å²) in [6.07, 6.45) is 3.38. The second kappa shape index (κ2) is 6.91. The molecule has 0 atom stereocenters. The lowest BCUT2D eigenvalue weighted by molar-refractivity contribution is -0.0320. The fraction of sp³-hybridized carbons (Fsp3) is 0.667. The number of aryl methyl sites for hydroxylation is 1. The Hall–Kier alpha value is -0.900. The second-order valence-corrected chi connectivity index (χ2v) is 6.55. The van der Waals surface area contributed by atoms with E-state index >= 15 is 0 Å². The summed E-state index contributed by atoms with van der Waals surface area (Å²) >= 11 is 0. The zero-order valence-corrected chi connectivity index (χ0v) is 13.1. The van der Waals surface area contributed by atoms with Crippen LogP contribution in [-0.2, 0) is 22.4 Å². The molecule has 0 amide bonds. The fourth-order valence-electron chi connectivity index (χ4n) is 3.53. The molecule has 2 heterocycles. The zero-order chi connectivity index (χ0) is 14.5. The highest BCUT2D eigenvalue weighted by Gasteiger charge is 2.36. The van der Waals surface area contributed by atoms with Crippen molar-refractivity contribution in [2.75, 3.05) is 39.5 Å². The average molecular weight is 289 g/mol. The molecule has 116 valence electrons. The molecular weight excluding hydrogens is 262 g/mol. The number of ether oxygens (including phenoxy) is 2. The molecule has 2 saturated heterocycles. The average Bonchev–Trinajstić information content (AvgIpc) is 2.70. The molecule has 3 nitrogen and oxygen atoms in total. The smallest absolute Gasteiger partial charge is 0.0593 e.